The van der Waals surface area contributed by atoms with Crippen molar-refractivity contribution in [2.75, 3.05) is 6.61 Å². The Labute approximate surface area is 188 Å². The number of carbonyl (C=O) groups is 1. The van der Waals surface area contributed by atoms with E-state index >= 15 is 0 Å². The van der Waals surface area contributed by atoms with E-state index in [9.17, 15) is 23.1 Å². The summed E-state index contributed by atoms with van der Waals surface area (Å²) in [5.74, 6) is -0.112. The standard InChI is InChI=1S/C25H23F3N2O3/c1-2-33-22-13-17(9-12-19(22)24(31)32)14-23-29-20-5-3-4-6-21(20)30(23)15-16-7-10-18(11-8-16)25(26,27)28/h3-7,9-13,16H,2,8,14-15H2,1H3,(H,31,32). The molecule has 1 unspecified atom stereocenters. The summed E-state index contributed by atoms with van der Waals surface area (Å²) < 4.78 is 46.4. The molecular weight excluding hydrogens is 433 g/mol. The third kappa shape index (κ3) is 4.94. The van der Waals surface area contributed by atoms with Gasteiger partial charge in [-0.25, -0.2) is 9.78 Å². The van der Waals surface area contributed by atoms with Crippen molar-refractivity contribution in [3.8, 4) is 5.75 Å². The first-order chi connectivity index (χ1) is 15.8. The molecule has 33 heavy (non-hydrogen) atoms. The van der Waals surface area contributed by atoms with Gasteiger partial charge in [-0.3, -0.25) is 0 Å². The minimum Gasteiger partial charge on any atom is -0.493 e. The summed E-state index contributed by atoms with van der Waals surface area (Å²) in [5, 5.41) is 9.39. The van der Waals surface area contributed by atoms with Crippen molar-refractivity contribution < 1.29 is 27.8 Å². The number of carboxylic acid groups (broad SMARTS) is 1. The Hall–Kier alpha value is -3.55. The maximum absolute atomic E-state index is 12.9. The lowest BCUT2D eigenvalue weighted by molar-refractivity contribution is -0.0887. The molecule has 0 amide bonds. The van der Waals surface area contributed by atoms with Crippen LogP contribution in [0.4, 0.5) is 13.2 Å². The third-order valence-electron chi connectivity index (χ3n) is 5.60. The lowest BCUT2D eigenvalue weighted by atomic mass is 9.96. The van der Waals surface area contributed by atoms with Gasteiger partial charge in [-0.15, -0.1) is 0 Å². The summed E-state index contributed by atoms with van der Waals surface area (Å²) in [7, 11) is 0. The van der Waals surface area contributed by atoms with Crippen molar-refractivity contribution >= 4 is 17.0 Å². The van der Waals surface area contributed by atoms with E-state index in [0.717, 1.165) is 28.5 Å². The van der Waals surface area contributed by atoms with Crippen LogP contribution in [0.25, 0.3) is 11.0 Å². The molecule has 0 aliphatic heterocycles. The summed E-state index contributed by atoms with van der Waals surface area (Å²) in [6, 6.07) is 12.6. The highest BCUT2D eigenvalue weighted by molar-refractivity contribution is 5.91. The number of alkyl halides is 3. The lowest BCUT2D eigenvalue weighted by Crippen LogP contribution is -2.17. The number of para-hydroxylation sites is 2. The fraction of sp³-hybridized carbons (Fsp3) is 0.280. The molecule has 1 atom stereocenters. The highest BCUT2D eigenvalue weighted by Crippen LogP contribution is 2.32. The van der Waals surface area contributed by atoms with E-state index in [-0.39, 0.29) is 11.5 Å². The molecule has 1 heterocycles. The van der Waals surface area contributed by atoms with Gasteiger partial charge in [-0.05, 0) is 49.1 Å². The molecule has 0 fully saturated rings. The number of hydrogen-bond donors (Lipinski definition) is 1. The van der Waals surface area contributed by atoms with Gasteiger partial charge in [0.15, 0.2) is 0 Å². The van der Waals surface area contributed by atoms with E-state index in [0.29, 0.717) is 31.7 Å². The average Bonchev–Trinajstić information content (AvgIpc) is 3.10. The highest BCUT2D eigenvalue weighted by atomic mass is 19.4. The second-order valence-corrected chi connectivity index (χ2v) is 7.88. The first kappa shape index (κ1) is 22.6. The SMILES string of the molecule is CCOc1cc(Cc2nc3ccccc3n2CC2C=CC(C(F)(F)F)=CC2)ccc1C(=O)O. The average molecular weight is 456 g/mol. The van der Waals surface area contributed by atoms with Crippen LogP contribution in [0.3, 0.4) is 0 Å². The van der Waals surface area contributed by atoms with Gasteiger partial charge in [-0.1, -0.05) is 36.4 Å². The normalized spacial score (nSPS) is 16.1. The molecule has 0 radical (unpaired) electrons. The van der Waals surface area contributed by atoms with Gasteiger partial charge in [0.05, 0.1) is 23.2 Å². The van der Waals surface area contributed by atoms with E-state index in [2.05, 4.69) is 0 Å². The second kappa shape index (κ2) is 9.13. The van der Waals surface area contributed by atoms with Crippen LogP contribution in [0.5, 0.6) is 5.75 Å². The minimum atomic E-state index is -4.34. The van der Waals surface area contributed by atoms with Crippen molar-refractivity contribution in [2.24, 2.45) is 5.92 Å². The molecule has 1 aliphatic carbocycles. The molecule has 1 aliphatic rings. The van der Waals surface area contributed by atoms with Crippen LogP contribution >= 0.6 is 0 Å². The van der Waals surface area contributed by atoms with Crippen LogP contribution in [-0.2, 0) is 13.0 Å². The van der Waals surface area contributed by atoms with Crippen molar-refractivity contribution in [1.29, 1.82) is 0 Å². The smallest absolute Gasteiger partial charge is 0.416 e. The topological polar surface area (TPSA) is 64.4 Å². The molecule has 2 aromatic carbocycles. The largest absolute Gasteiger partial charge is 0.493 e. The van der Waals surface area contributed by atoms with E-state index in [1.54, 1.807) is 25.1 Å². The first-order valence-corrected chi connectivity index (χ1v) is 10.6. The van der Waals surface area contributed by atoms with Gasteiger partial charge in [-0.2, -0.15) is 13.2 Å². The fourth-order valence-electron chi connectivity index (χ4n) is 4.02. The van der Waals surface area contributed by atoms with Crippen LogP contribution in [0, 0.1) is 5.92 Å². The summed E-state index contributed by atoms with van der Waals surface area (Å²) in [6.07, 6.45) is 0.368. The van der Waals surface area contributed by atoms with Gasteiger partial charge in [0.1, 0.15) is 17.1 Å². The van der Waals surface area contributed by atoms with Crippen LogP contribution < -0.4 is 4.74 Å². The Morgan fingerprint density at radius 3 is 2.70 bits per heavy atom. The summed E-state index contributed by atoms with van der Waals surface area (Å²) in [6.45, 7) is 2.61. The maximum atomic E-state index is 12.9. The number of nitrogens with zero attached hydrogens (tertiary/aromatic N) is 2. The molecule has 5 nitrogen and oxygen atoms in total. The predicted octanol–water partition coefficient (Wildman–Crippen LogP) is 5.79. The number of hydrogen-bond acceptors (Lipinski definition) is 3. The van der Waals surface area contributed by atoms with Gasteiger partial charge < -0.3 is 14.4 Å². The lowest BCUT2D eigenvalue weighted by Gasteiger charge is -2.20. The summed E-state index contributed by atoms with van der Waals surface area (Å²) in [4.78, 5) is 16.2. The fourth-order valence-corrected chi connectivity index (χ4v) is 4.02. The van der Waals surface area contributed by atoms with Crippen molar-refractivity contribution in [3.63, 3.8) is 0 Å². The van der Waals surface area contributed by atoms with E-state index in [4.69, 9.17) is 9.72 Å². The molecule has 1 aromatic heterocycles. The molecule has 0 spiro atoms. The number of benzene rings is 2. The Morgan fingerprint density at radius 1 is 1.24 bits per heavy atom. The Balaban J connectivity index is 1.64. The Bertz CT molecular complexity index is 1240. The third-order valence-corrected chi connectivity index (χ3v) is 5.60. The number of aromatic carboxylic acids is 1. The maximum Gasteiger partial charge on any atom is 0.416 e. The molecule has 0 saturated heterocycles. The Morgan fingerprint density at radius 2 is 2.03 bits per heavy atom. The molecule has 8 heteroatoms. The predicted molar refractivity (Wildman–Crippen MR) is 118 cm³/mol. The quantitative estimate of drug-likeness (QED) is 0.489. The number of rotatable bonds is 7. The zero-order valence-electron chi connectivity index (χ0n) is 18.0. The van der Waals surface area contributed by atoms with Gasteiger partial charge in [0, 0.05) is 13.0 Å². The Kier molecular flexibility index (Phi) is 6.26. The van der Waals surface area contributed by atoms with Crippen molar-refractivity contribution in [1.82, 2.24) is 9.55 Å². The number of fused-ring (bicyclic) bond motifs is 1. The number of imidazole rings is 1. The molecule has 172 valence electrons. The van der Waals surface area contributed by atoms with E-state index in [1.165, 1.54) is 12.1 Å². The second-order valence-electron chi connectivity index (χ2n) is 7.88. The van der Waals surface area contributed by atoms with Crippen molar-refractivity contribution in [2.45, 2.75) is 32.5 Å². The van der Waals surface area contributed by atoms with Crippen molar-refractivity contribution in [3.05, 3.63) is 83.2 Å². The van der Waals surface area contributed by atoms with Crippen LogP contribution in [0.1, 0.15) is 35.1 Å². The number of halogens is 3. The van der Waals surface area contributed by atoms with Gasteiger partial charge >= 0.3 is 12.1 Å². The molecule has 3 aromatic rings. The monoisotopic (exact) mass is 456 g/mol. The minimum absolute atomic E-state index is 0.0914. The highest BCUT2D eigenvalue weighted by Gasteiger charge is 2.33. The first-order valence-electron chi connectivity index (χ1n) is 10.6. The van der Waals surface area contributed by atoms with E-state index in [1.807, 2.05) is 28.8 Å². The number of aromatic nitrogens is 2. The molecule has 0 bridgehead atoms. The molecular formula is C25H23F3N2O3. The molecule has 4 rings (SSSR count). The van der Waals surface area contributed by atoms with E-state index < -0.39 is 17.7 Å². The number of ether oxygens (including phenoxy) is 1. The number of carboxylic acids is 1. The van der Waals surface area contributed by atoms with Gasteiger partial charge in [0.2, 0.25) is 0 Å². The number of allylic oxidation sites excluding steroid dienone is 4. The zero-order chi connectivity index (χ0) is 23.6. The van der Waals surface area contributed by atoms with Crippen LogP contribution in [0.15, 0.2) is 66.3 Å². The van der Waals surface area contributed by atoms with Crippen LogP contribution in [-0.4, -0.2) is 33.4 Å². The van der Waals surface area contributed by atoms with Gasteiger partial charge in [0.25, 0.3) is 0 Å². The van der Waals surface area contributed by atoms with Crippen LogP contribution in [0.2, 0.25) is 0 Å². The summed E-state index contributed by atoms with van der Waals surface area (Å²) in [5.41, 5.74) is 2.01. The molecule has 1 N–H and O–H groups in total. The summed E-state index contributed by atoms with van der Waals surface area (Å²) >= 11 is 0. The zero-order valence-corrected chi connectivity index (χ0v) is 18.0. The molecule has 0 saturated carbocycles.